The largest absolute Gasteiger partial charge is 0.494 e. The molecule has 0 saturated carbocycles. The average Bonchev–Trinajstić information content (AvgIpc) is 2.87. The maximum absolute atomic E-state index is 13.5. The van der Waals surface area contributed by atoms with Crippen LogP contribution < -0.4 is 15.4 Å². The van der Waals surface area contributed by atoms with Crippen molar-refractivity contribution in [1.82, 2.24) is 0 Å². The number of hydrogen-bond acceptors (Lipinski definition) is 4. The van der Waals surface area contributed by atoms with Crippen molar-refractivity contribution in [3.05, 3.63) is 41.0 Å². The lowest BCUT2D eigenvalue weighted by atomic mass is 10.3. The van der Waals surface area contributed by atoms with E-state index < -0.39 is 17.8 Å². The van der Waals surface area contributed by atoms with Crippen molar-refractivity contribution in [2.24, 2.45) is 0 Å². The van der Waals surface area contributed by atoms with E-state index >= 15 is 0 Å². The van der Waals surface area contributed by atoms with Gasteiger partial charge in [0.1, 0.15) is 5.00 Å². The van der Waals surface area contributed by atoms with Crippen molar-refractivity contribution in [2.75, 3.05) is 17.7 Å². The minimum absolute atomic E-state index is 0.00365. The number of aromatic carboxylic acids is 1. The molecule has 1 aromatic heterocycles. The number of carbonyl (C=O) groups excluding carboxylic acids is 1. The van der Waals surface area contributed by atoms with E-state index in [1.807, 2.05) is 0 Å². The van der Waals surface area contributed by atoms with Gasteiger partial charge in [0, 0.05) is 11.8 Å². The summed E-state index contributed by atoms with van der Waals surface area (Å²) in [5.41, 5.74) is 0.218. The summed E-state index contributed by atoms with van der Waals surface area (Å²) in [6, 6.07) is 4.66. The maximum atomic E-state index is 13.5. The van der Waals surface area contributed by atoms with Crippen LogP contribution in [0.2, 0.25) is 0 Å². The number of hydrogen-bond donors (Lipinski definition) is 3. The van der Waals surface area contributed by atoms with Gasteiger partial charge in [0.25, 0.3) is 0 Å². The molecule has 2 amide bonds. The predicted molar refractivity (Wildman–Crippen MR) is 76.9 cm³/mol. The van der Waals surface area contributed by atoms with Gasteiger partial charge in [-0.25, -0.2) is 14.0 Å². The third-order valence-electron chi connectivity index (χ3n) is 2.53. The second-order valence-corrected chi connectivity index (χ2v) is 4.81. The van der Waals surface area contributed by atoms with E-state index in [-0.39, 0.29) is 22.0 Å². The lowest BCUT2D eigenvalue weighted by Gasteiger charge is -2.08. The monoisotopic (exact) mass is 310 g/mol. The first-order chi connectivity index (χ1) is 10.0. The molecular formula is C13H11FN2O4S. The molecule has 2 aromatic rings. The number of urea groups is 1. The summed E-state index contributed by atoms with van der Waals surface area (Å²) in [5, 5.41) is 15.5. The van der Waals surface area contributed by atoms with E-state index in [0.29, 0.717) is 0 Å². The van der Waals surface area contributed by atoms with Crippen LogP contribution in [0.3, 0.4) is 0 Å². The van der Waals surface area contributed by atoms with Gasteiger partial charge in [-0.05, 0) is 23.6 Å². The van der Waals surface area contributed by atoms with Gasteiger partial charge in [0.05, 0.1) is 12.7 Å². The van der Waals surface area contributed by atoms with Crippen molar-refractivity contribution in [1.29, 1.82) is 0 Å². The first-order valence-electron chi connectivity index (χ1n) is 5.73. The number of ether oxygens (including phenoxy) is 1. The predicted octanol–water partition coefficient (Wildman–Crippen LogP) is 3.24. The first kappa shape index (κ1) is 14.8. The Morgan fingerprint density at radius 3 is 2.67 bits per heavy atom. The van der Waals surface area contributed by atoms with E-state index in [9.17, 15) is 14.0 Å². The summed E-state index contributed by atoms with van der Waals surface area (Å²) >= 11 is 1.08. The second-order valence-electron chi connectivity index (χ2n) is 3.90. The normalized spacial score (nSPS) is 10.0. The van der Waals surface area contributed by atoms with Gasteiger partial charge >= 0.3 is 12.0 Å². The molecule has 0 spiro atoms. The zero-order valence-corrected chi connectivity index (χ0v) is 11.7. The lowest BCUT2D eigenvalue weighted by molar-refractivity contribution is 0.0698. The molecule has 110 valence electrons. The van der Waals surface area contributed by atoms with Crippen LogP contribution in [0, 0.1) is 5.82 Å². The molecule has 0 bridgehead atoms. The van der Waals surface area contributed by atoms with Gasteiger partial charge in [0.15, 0.2) is 11.6 Å². The van der Waals surface area contributed by atoms with Crippen molar-refractivity contribution in [3.63, 3.8) is 0 Å². The molecular weight excluding hydrogens is 299 g/mol. The Morgan fingerprint density at radius 1 is 1.29 bits per heavy atom. The number of anilines is 2. The Hall–Kier alpha value is -2.61. The Morgan fingerprint density at radius 2 is 2.05 bits per heavy atom. The van der Waals surface area contributed by atoms with E-state index in [1.165, 1.54) is 25.3 Å². The van der Waals surface area contributed by atoms with Crippen molar-refractivity contribution >= 4 is 34.0 Å². The standard InChI is InChI=1S/C13H11FN2O4S/c1-20-10-3-2-7(6-9(10)14)15-13(19)16-11-8(12(17)18)4-5-21-11/h2-6H,1H3,(H,17,18)(H2,15,16,19). The van der Waals surface area contributed by atoms with E-state index in [2.05, 4.69) is 10.6 Å². The average molecular weight is 310 g/mol. The summed E-state index contributed by atoms with van der Waals surface area (Å²) in [4.78, 5) is 22.7. The summed E-state index contributed by atoms with van der Waals surface area (Å²) in [6.07, 6.45) is 0. The molecule has 0 radical (unpaired) electrons. The third-order valence-corrected chi connectivity index (χ3v) is 3.36. The topological polar surface area (TPSA) is 87.7 Å². The van der Waals surface area contributed by atoms with E-state index in [0.717, 1.165) is 17.4 Å². The van der Waals surface area contributed by atoms with Crippen molar-refractivity contribution in [3.8, 4) is 5.75 Å². The highest BCUT2D eigenvalue weighted by molar-refractivity contribution is 7.14. The number of thiophene rings is 1. The number of benzene rings is 1. The number of methoxy groups -OCH3 is 1. The Labute approximate surface area is 123 Å². The van der Waals surface area contributed by atoms with Gasteiger partial charge < -0.3 is 15.2 Å². The van der Waals surface area contributed by atoms with Crippen LogP contribution in [0.25, 0.3) is 0 Å². The zero-order chi connectivity index (χ0) is 15.4. The smallest absolute Gasteiger partial charge is 0.338 e. The molecule has 6 nitrogen and oxygen atoms in total. The summed E-state index contributed by atoms with van der Waals surface area (Å²) in [6.45, 7) is 0. The van der Waals surface area contributed by atoms with E-state index in [1.54, 1.807) is 5.38 Å². The molecule has 0 aliphatic rings. The molecule has 3 N–H and O–H groups in total. The van der Waals surface area contributed by atoms with Crippen LogP contribution in [0.1, 0.15) is 10.4 Å². The highest BCUT2D eigenvalue weighted by atomic mass is 32.1. The first-order valence-corrected chi connectivity index (χ1v) is 6.61. The van der Waals surface area contributed by atoms with Crippen LogP contribution in [0.15, 0.2) is 29.6 Å². The molecule has 0 aliphatic carbocycles. The number of carboxylic acid groups (broad SMARTS) is 1. The van der Waals surface area contributed by atoms with E-state index in [4.69, 9.17) is 9.84 Å². The Bertz CT molecular complexity index is 687. The number of rotatable bonds is 4. The second kappa shape index (κ2) is 6.23. The minimum atomic E-state index is -1.14. The highest BCUT2D eigenvalue weighted by Crippen LogP contribution is 2.24. The van der Waals surface area contributed by atoms with Crippen LogP contribution in [-0.4, -0.2) is 24.2 Å². The molecule has 2 rings (SSSR count). The molecule has 0 atom stereocenters. The number of nitrogens with one attached hydrogen (secondary N) is 2. The summed E-state index contributed by atoms with van der Waals surface area (Å²) in [5.74, 6) is -1.69. The van der Waals surface area contributed by atoms with Gasteiger partial charge in [-0.15, -0.1) is 11.3 Å². The third kappa shape index (κ3) is 3.48. The molecule has 1 aromatic carbocycles. The molecule has 0 saturated heterocycles. The zero-order valence-electron chi connectivity index (χ0n) is 10.8. The fourth-order valence-corrected chi connectivity index (χ4v) is 2.36. The van der Waals surface area contributed by atoms with Crippen LogP contribution in [0.4, 0.5) is 19.9 Å². The fraction of sp³-hybridized carbons (Fsp3) is 0.0769. The van der Waals surface area contributed by atoms with Crippen molar-refractivity contribution < 1.29 is 23.8 Å². The van der Waals surface area contributed by atoms with Crippen LogP contribution in [0.5, 0.6) is 5.75 Å². The maximum Gasteiger partial charge on any atom is 0.338 e. The van der Waals surface area contributed by atoms with Gasteiger partial charge in [-0.3, -0.25) is 5.32 Å². The molecule has 21 heavy (non-hydrogen) atoms. The fourth-order valence-electron chi connectivity index (χ4n) is 1.58. The van der Waals surface area contributed by atoms with Gasteiger partial charge in [-0.1, -0.05) is 0 Å². The minimum Gasteiger partial charge on any atom is -0.494 e. The quantitative estimate of drug-likeness (QED) is 0.809. The number of amides is 2. The number of carbonyl (C=O) groups is 2. The molecule has 8 heteroatoms. The summed E-state index contributed by atoms with van der Waals surface area (Å²) in [7, 11) is 1.34. The molecule has 0 fully saturated rings. The molecule has 0 aliphatic heterocycles. The lowest BCUT2D eigenvalue weighted by Crippen LogP contribution is -2.20. The van der Waals surface area contributed by atoms with Crippen molar-refractivity contribution in [2.45, 2.75) is 0 Å². The highest BCUT2D eigenvalue weighted by Gasteiger charge is 2.14. The molecule has 0 unspecified atom stereocenters. The summed E-state index contributed by atoms with van der Waals surface area (Å²) < 4.78 is 18.2. The number of carboxylic acids is 1. The number of halogens is 1. The molecule has 1 heterocycles. The van der Waals surface area contributed by atoms with Crippen LogP contribution in [-0.2, 0) is 0 Å². The van der Waals surface area contributed by atoms with Gasteiger partial charge in [-0.2, -0.15) is 0 Å². The Balaban J connectivity index is 2.06. The Kier molecular flexibility index (Phi) is 4.39. The SMILES string of the molecule is COc1ccc(NC(=O)Nc2sccc2C(=O)O)cc1F. The van der Waals surface area contributed by atoms with Crippen LogP contribution >= 0.6 is 11.3 Å². The van der Waals surface area contributed by atoms with Gasteiger partial charge in [0.2, 0.25) is 0 Å².